The molecule has 10 nitrogen and oxygen atoms in total. The first-order valence-corrected chi connectivity index (χ1v) is 8.71. The maximum absolute atomic E-state index is 5.89. The van der Waals surface area contributed by atoms with E-state index in [1.165, 1.54) is 0 Å². The van der Waals surface area contributed by atoms with Gasteiger partial charge in [-0.15, -0.1) is 0 Å². The number of hydrogen-bond donors (Lipinski definition) is 2. The Morgan fingerprint density at radius 2 is 2.07 bits per heavy atom. The van der Waals surface area contributed by atoms with Crippen molar-refractivity contribution < 1.29 is 0 Å². The van der Waals surface area contributed by atoms with Crippen LogP contribution in [-0.4, -0.2) is 50.4 Å². The minimum absolute atomic E-state index is 0.282. The number of fused-ring (bicyclic) bond motifs is 1. The molecule has 0 saturated heterocycles. The highest BCUT2D eigenvalue weighted by Crippen LogP contribution is 2.23. The molecule has 1 aliphatic rings. The van der Waals surface area contributed by atoms with Crippen LogP contribution in [0.5, 0.6) is 0 Å². The van der Waals surface area contributed by atoms with Crippen molar-refractivity contribution in [1.29, 1.82) is 0 Å². The first kappa shape index (κ1) is 17.0. The lowest BCUT2D eigenvalue weighted by Gasteiger charge is -2.29. The van der Waals surface area contributed by atoms with Gasteiger partial charge in [0, 0.05) is 39.1 Å². The van der Waals surface area contributed by atoms with Gasteiger partial charge in [0.25, 0.3) is 0 Å². The van der Waals surface area contributed by atoms with Crippen LogP contribution in [0.15, 0.2) is 30.7 Å². The van der Waals surface area contributed by atoms with Gasteiger partial charge in [0.1, 0.15) is 17.5 Å². The van der Waals surface area contributed by atoms with Gasteiger partial charge < -0.3 is 20.9 Å². The standard InChI is InChI=1S/C17H22N10/c1-25(2)15-8-16(23-17(18)22-15)26-5-6-27-13(11-26)7-12(24-27)9-21-14-10-19-3-4-20-14/h3-4,7-8,10H,5-6,9,11H2,1-2H3,(H,20,21)(H2,18,22,23). The number of nitrogens with one attached hydrogen (secondary N) is 1. The average Bonchev–Trinajstić information content (AvgIpc) is 3.09. The summed E-state index contributed by atoms with van der Waals surface area (Å²) < 4.78 is 2.04. The zero-order chi connectivity index (χ0) is 18.8. The molecule has 3 N–H and O–H groups in total. The van der Waals surface area contributed by atoms with E-state index in [2.05, 4.69) is 41.3 Å². The van der Waals surface area contributed by atoms with Crippen molar-refractivity contribution in [3.05, 3.63) is 42.1 Å². The third-order valence-corrected chi connectivity index (χ3v) is 4.36. The minimum atomic E-state index is 0.282. The smallest absolute Gasteiger partial charge is 0.223 e. The second-order valence-corrected chi connectivity index (χ2v) is 6.55. The molecular formula is C17H22N10. The average molecular weight is 366 g/mol. The molecule has 0 fully saturated rings. The van der Waals surface area contributed by atoms with Gasteiger partial charge in [0.2, 0.25) is 5.95 Å². The van der Waals surface area contributed by atoms with Gasteiger partial charge in [-0.2, -0.15) is 15.1 Å². The van der Waals surface area contributed by atoms with E-state index in [-0.39, 0.29) is 5.95 Å². The molecule has 0 unspecified atom stereocenters. The highest BCUT2D eigenvalue weighted by Gasteiger charge is 2.20. The molecule has 1 aliphatic heterocycles. The molecule has 140 valence electrons. The van der Waals surface area contributed by atoms with Crippen molar-refractivity contribution >= 4 is 23.4 Å². The maximum Gasteiger partial charge on any atom is 0.223 e. The summed E-state index contributed by atoms with van der Waals surface area (Å²) in [7, 11) is 3.88. The molecule has 0 amide bonds. The summed E-state index contributed by atoms with van der Waals surface area (Å²) in [5, 5.41) is 7.91. The van der Waals surface area contributed by atoms with Gasteiger partial charge in [-0.05, 0) is 6.07 Å². The van der Waals surface area contributed by atoms with E-state index in [0.29, 0.717) is 6.54 Å². The normalized spacial score (nSPS) is 13.3. The van der Waals surface area contributed by atoms with Crippen molar-refractivity contribution in [3.63, 3.8) is 0 Å². The second kappa shape index (κ2) is 7.06. The van der Waals surface area contributed by atoms with Gasteiger partial charge in [-0.3, -0.25) is 9.67 Å². The highest BCUT2D eigenvalue weighted by atomic mass is 15.4. The highest BCUT2D eigenvalue weighted by molar-refractivity contribution is 5.53. The Bertz CT molecular complexity index is 921. The van der Waals surface area contributed by atoms with E-state index >= 15 is 0 Å². The van der Waals surface area contributed by atoms with Crippen LogP contribution in [0, 0.1) is 0 Å². The zero-order valence-electron chi connectivity index (χ0n) is 15.4. The van der Waals surface area contributed by atoms with Crippen LogP contribution in [0.2, 0.25) is 0 Å². The molecule has 0 aliphatic carbocycles. The SMILES string of the molecule is CN(C)c1cc(N2CCn3nc(CNc4cnccn4)cc3C2)nc(N)n1. The molecule has 0 saturated carbocycles. The fourth-order valence-corrected chi connectivity index (χ4v) is 3.01. The van der Waals surface area contributed by atoms with Crippen LogP contribution >= 0.6 is 0 Å². The predicted octanol–water partition coefficient (Wildman–Crippen LogP) is 0.744. The topological polar surface area (TPSA) is 114 Å². The molecule has 27 heavy (non-hydrogen) atoms. The number of nitrogen functional groups attached to an aromatic ring is 1. The van der Waals surface area contributed by atoms with E-state index in [0.717, 1.165) is 48.5 Å². The molecule has 0 radical (unpaired) electrons. The van der Waals surface area contributed by atoms with Gasteiger partial charge >= 0.3 is 0 Å². The van der Waals surface area contributed by atoms with Crippen LogP contribution in [0.3, 0.4) is 0 Å². The van der Waals surface area contributed by atoms with Crippen LogP contribution in [0.25, 0.3) is 0 Å². The quantitative estimate of drug-likeness (QED) is 0.675. The van der Waals surface area contributed by atoms with E-state index in [1.807, 2.05) is 29.7 Å². The van der Waals surface area contributed by atoms with Gasteiger partial charge in [-0.1, -0.05) is 0 Å². The van der Waals surface area contributed by atoms with Crippen molar-refractivity contribution in [2.75, 3.05) is 41.5 Å². The van der Waals surface area contributed by atoms with Gasteiger partial charge in [0.05, 0.1) is 37.2 Å². The Balaban J connectivity index is 1.48. The lowest BCUT2D eigenvalue weighted by atomic mass is 10.2. The first-order chi connectivity index (χ1) is 13.1. The minimum Gasteiger partial charge on any atom is -0.368 e. The summed E-state index contributed by atoms with van der Waals surface area (Å²) in [4.78, 5) is 21.0. The number of aromatic nitrogens is 6. The fourth-order valence-electron chi connectivity index (χ4n) is 3.01. The first-order valence-electron chi connectivity index (χ1n) is 8.71. The molecule has 4 heterocycles. The Kier molecular flexibility index (Phi) is 4.45. The summed E-state index contributed by atoms with van der Waals surface area (Å²) in [6.45, 7) is 2.93. The van der Waals surface area contributed by atoms with Gasteiger partial charge in [0.15, 0.2) is 0 Å². The predicted molar refractivity (Wildman–Crippen MR) is 103 cm³/mol. The summed E-state index contributed by atoms with van der Waals surface area (Å²) >= 11 is 0. The van der Waals surface area contributed by atoms with Crippen LogP contribution in [0.4, 0.5) is 23.4 Å². The zero-order valence-corrected chi connectivity index (χ0v) is 15.4. The van der Waals surface area contributed by atoms with Crippen LogP contribution in [0.1, 0.15) is 11.4 Å². The lowest BCUT2D eigenvalue weighted by Crippen LogP contribution is -2.34. The summed E-state index contributed by atoms with van der Waals surface area (Å²) in [5.41, 5.74) is 7.99. The Morgan fingerprint density at radius 3 is 2.85 bits per heavy atom. The molecule has 0 bridgehead atoms. The van der Waals surface area contributed by atoms with Crippen molar-refractivity contribution in [2.45, 2.75) is 19.6 Å². The maximum atomic E-state index is 5.89. The van der Waals surface area contributed by atoms with Crippen molar-refractivity contribution in [2.24, 2.45) is 0 Å². The Labute approximate surface area is 157 Å². The number of hydrogen-bond acceptors (Lipinski definition) is 9. The van der Waals surface area contributed by atoms with E-state index < -0.39 is 0 Å². The van der Waals surface area contributed by atoms with E-state index in [4.69, 9.17) is 5.73 Å². The molecule has 0 aromatic carbocycles. The molecule has 3 aromatic rings. The van der Waals surface area contributed by atoms with Crippen LogP contribution in [-0.2, 0) is 19.6 Å². The summed E-state index contributed by atoms with van der Waals surface area (Å²) in [6, 6.07) is 4.06. The Hall–Kier alpha value is -3.43. The summed E-state index contributed by atoms with van der Waals surface area (Å²) in [6.07, 6.45) is 5.00. The molecule has 10 heteroatoms. The molecule has 0 spiro atoms. The van der Waals surface area contributed by atoms with Crippen molar-refractivity contribution in [1.82, 2.24) is 29.7 Å². The lowest BCUT2D eigenvalue weighted by molar-refractivity contribution is 0.514. The van der Waals surface area contributed by atoms with Crippen LogP contribution < -0.4 is 20.9 Å². The third-order valence-electron chi connectivity index (χ3n) is 4.36. The monoisotopic (exact) mass is 366 g/mol. The molecule has 3 aromatic heterocycles. The number of rotatable bonds is 5. The molecule has 0 atom stereocenters. The third kappa shape index (κ3) is 3.73. The van der Waals surface area contributed by atoms with Gasteiger partial charge in [-0.25, -0.2) is 4.98 Å². The fraction of sp³-hybridized carbons (Fsp3) is 0.353. The number of nitrogens with zero attached hydrogens (tertiary/aromatic N) is 8. The Morgan fingerprint density at radius 1 is 1.19 bits per heavy atom. The summed E-state index contributed by atoms with van der Waals surface area (Å²) in [5.74, 6) is 2.64. The van der Waals surface area contributed by atoms with E-state index in [1.54, 1.807) is 18.6 Å². The number of nitrogens with two attached hydrogens (primary N) is 1. The largest absolute Gasteiger partial charge is 0.368 e. The second-order valence-electron chi connectivity index (χ2n) is 6.55. The van der Waals surface area contributed by atoms with E-state index in [9.17, 15) is 0 Å². The van der Waals surface area contributed by atoms with Crippen molar-refractivity contribution in [3.8, 4) is 0 Å². The molecular weight excluding hydrogens is 344 g/mol. The number of anilines is 4. The molecule has 4 rings (SSSR count).